The average molecular weight is 289 g/mol. The van der Waals surface area contributed by atoms with E-state index in [0.717, 1.165) is 16.7 Å². The first-order valence-electron chi connectivity index (χ1n) is 7.26. The third-order valence-electron chi connectivity index (χ3n) is 4.64. The molecule has 0 saturated heterocycles. The lowest BCUT2D eigenvalue weighted by atomic mass is 9.99. The molecule has 1 saturated carbocycles. The van der Waals surface area contributed by atoms with E-state index in [1.807, 2.05) is 46.8 Å². The van der Waals surface area contributed by atoms with Crippen molar-refractivity contribution >= 4 is 11.9 Å². The van der Waals surface area contributed by atoms with E-state index in [-0.39, 0.29) is 11.9 Å². The van der Waals surface area contributed by atoms with Crippen LogP contribution in [0.25, 0.3) is 0 Å². The van der Waals surface area contributed by atoms with Crippen LogP contribution in [0.2, 0.25) is 0 Å². The summed E-state index contributed by atoms with van der Waals surface area (Å²) in [7, 11) is 0. The average Bonchev–Trinajstić information content (AvgIpc) is 2.95. The normalized spacial score (nSPS) is 24.2. The highest BCUT2D eigenvalue weighted by atomic mass is 16.4. The van der Waals surface area contributed by atoms with Crippen LogP contribution in [0.4, 0.5) is 0 Å². The van der Waals surface area contributed by atoms with Gasteiger partial charge in [-0.05, 0) is 37.3 Å². The summed E-state index contributed by atoms with van der Waals surface area (Å²) in [6.07, 6.45) is 0. The number of carbonyl (C=O) groups excluding carboxylic acids is 1. The Hall–Kier alpha value is -1.84. The summed E-state index contributed by atoms with van der Waals surface area (Å²) < 4.78 is 0. The maximum absolute atomic E-state index is 12.3. The smallest absolute Gasteiger partial charge is 0.307 e. The zero-order valence-electron chi connectivity index (χ0n) is 13.2. The lowest BCUT2D eigenvalue weighted by molar-refractivity contribution is -0.140. The Morgan fingerprint density at radius 1 is 1.24 bits per heavy atom. The molecule has 0 aliphatic heterocycles. The molecule has 3 atom stereocenters. The van der Waals surface area contributed by atoms with Gasteiger partial charge in [0, 0.05) is 0 Å². The number of hydrogen-bond acceptors (Lipinski definition) is 2. The minimum atomic E-state index is -0.889. The standard InChI is InChI=1S/C17H23NO3/c1-9-6-7-10(2)12(8-9)11(3)18-15(19)13-14(16(20)21)17(13,4)5/h6-8,11,13-14H,1-5H3,(H,18,19)(H,20,21)/t11?,13-,14+/m1/s1. The number of carboxylic acids is 1. The number of aryl methyl sites for hydroxylation is 2. The topological polar surface area (TPSA) is 66.4 Å². The van der Waals surface area contributed by atoms with Crippen LogP contribution in [0.5, 0.6) is 0 Å². The highest BCUT2D eigenvalue weighted by Crippen LogP contribution is 2.58. The monoisotopic (exact) mass is 289 g/mol. The quantitative estimate of drug-likeness (QED) is 0.895. The van der Waals surface area contributed by atoms with Crippen molar-refractivity contribution in [2.75, 3.05) is 0 Å². The van der Waals surface area contributed by atoms with Crippen molar-refractivity contribution in [3.63, 3.8) is 0 Å². The van der Waals surface area contributed by atoms with Gasteiger partial charge in [0.25, 0.3) is 0 Å². The summed E-state index contributed by atoms with van der Waals surface area (Å²) in [5, 5.41) is 12.1. The molecule has 0 spiro atoms. The van der Waals surface area contributed by atoms with Crippen molar-refractivity contribution in [2.45, 2.75) is 40.7 Å². The van der Waals surface area contributed by atoms with Crippen LogP contribution in [0.1, 0.15) is 43.5 Å². The van der Waals surface area contributed by atoms with Gasteiger partial charge in [0.15, 0.2) is 0 Å². The Morgan fingerprint density at radius 2 is 1.86 bits per heavy atom. The van der Waals surface area contributed by atoms with Gasteiger partial charge in [0.05, 0.1) is 17.9 Å². The lowest BCUT2D eigenvalue weighted by Gasteiger charge is -2.18. The molecule has 2 N–H and O–H groups in total. The number of benzene rings is 1. The largest absolute Gasteiger partial charge is 0.481 e. The van der Waals surface area contributed by atoms with Gasteiger partial charge in [-0.2, -0.15) is 0 Å². The van der Waals surface area contributed by atoms with Gasteiger partial charge in [0.1, 0.15) is 0 Å². The van der Waals surface area contributed by atoms with E-state index in [2.05, 4.69) is 11.4 Å². The van der Waals surface area contributed by atoms with Crippen LogP contribution in [-0.2, 0) is 9.59 Å². The summed E-state index contributed by atoms with van der Waals surface area (Å²) in [5.41, 5.74) is 2.89. The fourth-order valence-corrected chi connectivity index (χ4v) is 3.20. The predicted octanol–water partition coefficient (Wildman–Crippen LogP) is 2.84. The molecule has 1 unspecified atom stereocenters. The fourth-order valence-electron chi connectivity index (χ4n) is 3.20. The first-order chi connectivity index (χ1) is 9.66. The number of nitrogens with one attached hydrogen (secondary N) is 1. The van der Waals surface area contributed by atoms with Gasteiger partial charge in [-0.15, -0.1) is 0 Å². The molecule has 0 radical (unpaired) electrons. The first kappa shape index (κ1) is 15.5. The summed E-state index contributed by atoms with van der Waals surface area (Å²) >= 11 is 0. The second-order valence-corrected chi connectivity index (χ2v) is 6.71. The van der Waals surface area contributed by atoms with Crippen LogP contribution in [0.3, 0.4) is 0 Å². The molecule has 4 nitrogen and oxygen atoms in total. The summed E-state index contributed by atoms with van der Waals surface area (Å²) in [5.74, 6) is -2.08. The molecule has 1 aromatic rings. The van der Waals surface area contributed by atoms with Crippen molar-refractivity contribution < 1.29 is 14.7 Å². The van der Waals surface area contributed by atoms with Crippen LogP contribution >= 0.6 is 0 Å². The van der Waals surface area contributed by atoms with E-state index < -0.39 is 23.2 Å². The Balaban J connectivity index is 2.10. The molecule has 4 heteroatoms. The van der Waals surface area contributed by atoms with Gasteiger partial charge in [-0.3, -0.25) is 9.59 Å². The van der Waals surface area contributed by atoms with E-state index in [0.29, 0.717) is 0 Å². The molecule has 1 aromatic carbocycles. The molecule has 114 valence electrons. The number of hydrogen-bond donors (Lipinski definition) is 2. The van der Waals surface area contributed by atoms with Crippen LogP contribution in [0, 0.1) is 31.1 Å². The Bertz CT molecular complexity index is 592. The van der Waals surface area contributed by atoms with E-state index in [9.17, 15) is 9.59 Å². The maximum atomic E-state index is 12.3. The Labute approximate surface area is 125 Å². The minimum absolute atomic E-state index is 0.122. The van der Waals surface area contributed by atoms with Gasteiger partial charge >= 0.3 is 5.97 Å². The van der Waals surface area contributed by atoms with Crippen molar-refractivity contribution in [3.8, 4) is 0 Å². The van der Waals surface area contributed by atoms with Gasteiger partial charge < -0.3 is 10.4 Å². The summed E-state index contributed by atoms with van der Waals surface area (Å²) in [6.45, 7) is 9.63. The summed E-state index contributed by atoms with van der Waals surface area (Å²) in [6, 6.07) is 6.02. The number of carboxylic acid groups (broad SMARTS) is 1. The van der Waals surface area contributed by atoms with Gasteiger partial charge in [-0.25, -0.2) is 0 Å². The first-order valence-corrected chi connectivity index (χ1v) is 7.26. The molecule has 1 amide bonds. The van der Waals surface area contributed by atoms with E-state index >= 15 is 0 Å². The minimum Gasteiger partial charge on any atom is -0.481 e. The van der Waals surface area contributed by atoms with Crippen LogP contribution in [-0.4, -0.2) is 17.0 Å². The Morgan fingerprint density at radius 3 is 2.38 bits per heavy atom. The van der Waals surface area contributed by atoms with Crippen LogP contribution in [0.15, 0.2) is 18.2 Å². The molecule has 0 bridgehead atoms. The third kappa shape index (κ3) is 2.80. The second-order valence-electron chi connectivity index (χ2n) is 6.71. The lowest BCUT2D eigenvalue weighted by Crippen LogP contribution is -2.30. The Kier molecular flexibility index (Phi) is 3.83. The zero-order chi connectivity index (χ0) is 15.9. The highest BCUT2D eigenvalue weighted by molar-refractivity contribution is 5.91. The van der Waals surface area contributed by atoms with Gasteiger partial charge in [0.2, 0.25) is 5.91 Å². The number of amides is 1. The predicted molar refractivity (Wildman–Crippen MR) is 80.9 cm³/mol. The molecule has 1 fully saturated rings. The molecule has 1 aliphatic carbocycles. The zero-order valence-corrected chi connectivity index (χ0v) is 13.2. The third-order valence-corrected chi connectivity index (χ3v) is 4.64. The second kappa shape index (κ2) is 5.17. The molecule has 0 aromatic heterocycles. The van der Waals surface area contributed by atoms with Gasteiger partial charge in [-0.1, -0.05) is 37.6 Å². The van der Waals surface area contributed by atoms with Crippen molar-refractivity contribution in [1.29, 1.82) is 0 Å². The number of carbonyl (C=O) groups is 2. The number of aliphatic carboxylic acids is 1. The molecule has 1 aliphatic rings. The molecule has 2 rings (SSSR count). The fraction of sp³-hybridized carbons (Fsp3) is 0.529. The van der Waals surface area contributed by atoms with Crippen LogP contribution < -0.4 is 5.32 Å². The molecule has 21 heavy (non-hydrogen) atoms. The molecule has 0 heterocycles. The van der Waals surface area contributed by atoms with Crippen molar-refractivity contribution in [2.24, 2.45) is 17.3 Å². The molecular weight excluding hydrogens is 266 g/mol. The number of rotatable bonds is 4. The van der Waals surface area contributed by atoms with Crippen molar-refractivity contribution in [3.05, 3.63) is 34.9 Å². The molecular formula is C17H23NO3. The van der Waals surface area contributed by atoms with Crippen molar-refractivity contribution in [1.82, 2.24) is 5.32 Å². The van der Waals surface area contributed by atoms with E-state index in [4.69, 9.17) is 5.11 Å². The summed E-state index contributed by atoms with van der Waals surface area (Å²) in [4.78, 5) is 23.5. The van der Waals surface area contributed by atoms with E-state index in [1.165, 1.54) is 0 Å². The highest BCUT2D eigenvalue weighted by Gasteiger charge is 2.65. The SMILES string of the molecule is Cc1ccc(C)c(C(C)NC(=O)[C@H]2[C@@H](C(=O)O)C2(C)C)c1. The van der Waals surface area contributed by atoms with E-state index in [1.54, 1.807) is 0 Å². The maximum Gasteiger partial charge on any atom is 0.307 e.